The molecule has 114 valence electrons. The van der Waals surface area contributed by atoms with E-state index in [4.69, 9.17) is 4.74 Å². The second kappa shape index (κ2) is 6.30. The first-order chi connectivity index (χ1) is 10.2. The number of piperidine rings is 1. The second-order valence-corrected chi connectivity index (χ2v) is 5.61. The molecule has 6 heteroatoms. The number of nitro benzene ring substituents is 1. The van der Waals surface area contributed by atoms with Gasteiger partial charge in [-0.05, 0) is 25.3 Å². The van der Waals surface area contributed by atoms with Crippen LogP contribution in [0.1, 0.15) is 19.3 Å². The topological polar surface area (TPSA) is 58.9 Å². The van der Waals surface area contributed by atoms with Crippen LogP contribution in [0.2, 0.25) is 0 Å². The standard InChI is InChI=1S/C15H21N3O3/c19-18(20)15-11-13(16-4-2-1-3-5-16)10-14(12-15)17-6-8-21-9-7-17/h10-12H,1-9H2. The lowest BCUT2D eigenvalue weighted by Crippen LogP contribution is -2.36. The van der Waals surface area contributed by atoms with E-state index in [1.807, 2.05) is 0 Å². The Labute approximate surface area is 124 Å². The average molecular weight is 291 g/mol. The van der Waals surface area contributed by atoms with Crippen LogP contribution in [0.15, 0.2) is 18.2 Å². The molecule has 0 amide bonds. The molecule has 0 bridgehead atoms. The van der Waals surface area contributed by atoms with Crippen LogP contribution in [0.5, 0.6) is 0 Å². The first kappa shape index (κ1) is 14.1. The van der Waals surface area contributed by atoms with E-state index in [1.54, 1.807) is 12.1 Å². The van der Waals surface area contributed by atoms with Gasteiger partial charge >= 0.3 is 0 Å². The number of morpholine rings is 1. The predicted molar refractivity (Wildman–Crippen MR) is 82.2 cm³/mol. The maximum Gasteiger partial charge on any atom is 0.273 e. The number of hydrogen-bond donors (Lipinski definition) is 0. The molecule has 0 aliphatic carbocycles. The van der Waals surface area contributed by atoms with Gasteiger partial charge in [-0.15, -0.1) is 0 Å². The second-order valence-electron chi connectivity index (χ2n) is 5.61. The van der Waals surface area contributed by atoms with Crippen molar-refractivity contribution in [3.05, 3.63) is 28.3 Å². The van der Waals surface area contributed by atoms with Crippen molar-refractivity contribution in [2.24, 2.45) is 0 Å². The maximum atomic E-state index is 11.2. The zero-order valence-corrected chi connectivity index (χ0v) is 12.2. The van der Waals surface area contributed by atoms with Crippen LogP contribution in [0.25, 0.3) is 0 Å². The molecule has 0 aromatic heterocycles. The van der Waals surface area contributed by atoms with Crippen LogP contribution >= 0.6 is 0 Å². The number of hydrogen-bond acceptors (Lipinski definition) is 5. The third-order valence-electron chi connectivity index (χ3n) is 4.20. The molecule has 2 aliphatic heterocycles. The van der Waals surface area contributed by atoms with E-state index in [0.29, 0.717) is 13.2 Å². The highest BCUT2D eigenvalue weighted by atomic mass is 16.6. The van der Waals surface area contributed by atoms with Crippen molar-refractivity contribution < 1.29 is 9.66 Å². The lowest BCUT2D eigenvalue weighted by Gasteiger charge is -2.32. The van der Waals surface area contributed by atoms with E-state index in [-0.39, 0.29) is 10.6 Å². The summed E-state index contributed by atoms with van der Waals surface area (Å²) in [5.74, 6) is 0. The summed E-state index contributed by atoms with van der Waals surface area (Å²) in [4.78, 5) is 15.4. The third-order valence-corrected chi connectivity index (χ3v) is 4.20. The summed E-state index contributed by atoms with van der Waals surface area (Å²) in [6, 6.07) is 5.47. The predicted octanol–water partition coefficient (Wildman–Crippen LogP) is 2.42. The van der Waals surface area contributed by atoms with Crippen LogP contribution in [-0.2, 0) is 4.74 Å². The quantitative estimate of drug-likeness (QED) is 0.632. The molecule has 21 heavy (non-hydrogen) atoms. The Morgan fingerprint density at radius 3 is 2.05 bits per heavy atom. The molecule has 0 saturated carbocycles. The van der Waals surface area contributed by atoms with Crippen molar-refractivity contribution >= 4 is 17.1 Å². The molecule has 0 spiro atoms. The molecule has 2 fully saturated rings. The van der Waals surface area contributed by atoms with Gasteiger partial charge in [0.1, 0.15) is 0 Å². The van der Waals surface area contributed by atoms with Crippen LogP contribution in [0, 0.1) is 10.1 Å². The number of rotatable bonds is 3. The highest BCUT2D eigenvalue weighted by molar-refractivity contribution is 5.65. The summed E-state index contributed by atoms with van der Waals surface area (Å²) >= 11 is 0. The summed E-state index contributed by atoms with van der Waals surface area (Å²) < 4.78 is 5.36. The largest absolute Gasteiger partial charge is 0.378 e. The first-order valence-corrected chi connectivity index (χ1v) is 7.61. The number of nitro groups is 1. The fourth-order valence-corrected chi connectivity index (χ4v) is 3.02. The van der Waals surface area contributed by atoms with E-state index in [2.05, 4.69) is 15.9 Å². The molecule has 0 radical (unpaired) electrons. The minimum Gasteiger partial charge on any atom is -0.378 e. The third kappa shape index (κ3) is 3.26. The van der Waals surface area contributed by atoms with E-state index in [1.165, 1.54) is 6.42 Å². The fourth-order valence-electron chi connectivity index (χ4n) is 3.02. The number of benzene rings is 1. The zero-order valence-electron chi connectivity index (χ0n) is 12.2. The van der Waals surface area contributed by atoms with Crippen LogP contribution in [-0.4, -0.2) is 44.3 Å². The molecule has 2 heterocycles. The number of ether oxygens (including phenoxy) is 1. The molecule has 2 saturated heterocycles. The van der Waals surface area contributed by atoms with Gasteiger partial charge in [0.2, 0.25) is 0 Å². The van der Waals surface area contributed by atoms with Gasteiger partial charge in [0.05, 0.1) is 18.1 Å². The van der Waals surface area contributed by atoms with Gasteiger partial charge in [0.25, 0.3) is 5.69 Å². The normalized spacial score (nSPS) is 19.6. The maximum absolute atomic E-state index is 11.2. The van der Waals surface area contributed by atoms with E-state index < -0.39 is 0 Å². The summed E-state index contributed by atoms with van der Waals surface area (Å²) in [5, 5.41) is 11.2. The lowest BCUT2D eigenvalue weighted by molar-refractivity contribution is -0.384. The van der Waals surface area contributed by atoms with Crippen molar-refractivity contribution in [1.29, 1.82) is 0 Å². The SMILES string of the molecule is O=[N+]([O-])c1cc(N2CCCCC2)cc(N2CCOCC2)c1. The Bertz CT molecular complexity index is 473. The summed E-state index contributed by atoms with van der Waals surface area (Å²) in [7, 11) is 0. The van der Waals surface area contributed by atoms with Gasteiger partial charge < -0.3 is 14.5 Å². The van der Waals surface area contributed by atoms with E-state index in [0.717, 1.165) is 50.4 Å². The Hall–Kier alpha value is -1.82. The minimum absolute atomic E-state index is 0.180. The van der Waals surface area contributed by atoms with Gasteiger partial charge in [0.15, 0.2) is 0 Å². The molecule has 0 atom stereocenters. The fraction of sp³-hybridized carbons (Fsp3) is 0.600. The molecule has 1 aromatic rings. The molecule has 3 rings (SSSR count). The monoisotopic (exact) mass is 291 g/mol. The van der Waals surface area contributed by atoms with Crippen LogP contribution in [0.4, 0.5) is 17.1 Å². The molecule has 1 aromatic carbocycles. The van der Waals surface area contributed by atoms with E-state index in [9.17, 15) is 10.1 Å². The number of nitrogens with zero attached hydrogens (tertiary/aromatic N) is 3. The lowest BCUT2D eigenvalue weighted by atomic mass is 10.1. The van der Waals surface area contributed by atoms with Crippen molar-refractivity contribution in [2.75, 3.05) is 49.2 Å². The molecule has 6 nitrogen and oxygen atoms in total. The van der Waals surface area contributed by atoms with Crippen LogP contribution < -0.4 is 9.80 Å². The van der Waals surface area contributed by atoms with Crippen LogP contribution in [0.3, 0.4) is 0 Å². The molecular formula is C15H21N3O3. The Kier molecular flexibility index (Phi) is 4.24. The van der Waals surface area contributed by atoms with Gasteiger partial charge in [-0.2, -0.15) is 0 Å². The Balaban J connectivity index is 1.91. The molecule has 0 N–H and O–H groups in total. The zero-order chi connectivity index (χ0) is 14.7. The van der Waals surface area contributed by atoms with Crippen molar-refractivity contribution in [2.45, 2.75) is 19.3 Å². The van der Waals surface area contributed by atoms with Crippen molar-refractivity contribution in [3.63, 3.8) is 0 Å². The van der Waals surface area contributed by atoms with Crippen molar-refractivity contribution in [1.82, 2.24) is 0 Å². The smallest absolute Gasteiger partial charge is 0.273 e. The summed E-state index contributed by atoms with van der Waals surface area (Å²) in [6.45, 7) is 4.93. The van der Waals surface area contributed by atoms with Gasteiger partial charge in [0, 0.05) is 49.7 Å². The molecule has 0 unspecified atom stereocenters. The summed E-state index contributed by atoms with van der Waals surface area (Å²) in [6.07, 6.45) is 3.58. The summed E-state index contributed by atoms with van der Waals surface area (Å²) in [5.41, 5.74) is 2.10. The first-order valence-electron chi connectivity index (χ1n) is 7.61. The Morgan fingerprint density at radius 1 is 0.905 bits per heavy atom. The van der Waals surface area contributed by atoms with Gasteiger partial charge in [-0.1, -0.05) is 0 Å². The number of anilines is 2. The number of non-ortho nitro benzene ring substituents is 1. The molecule has 2 aliphatic rings. The highest BCUT2D eigenvalue weighted by Crippen LogP contribution is 2.31. The molecular weight excluding hydrogens is 270 g/mol. The Morgan fingerprint density at radius 2 is 1.48 bits per heavy atom. The average Bonchev–Trinajstić information content (AvgIpc) is 2.56. The minimum atomic E-state index is -0.294. The highest BCUT2D eigenvalue weighted by Gasteiger charge is 2.19. The van der Waals surface area contributed by atoms with Gasteiger partial charge in [-0.3, -0.25) is 10.1 Å². The van der Waals surface area contributed by atoms with Gasteiger partial charge in [-0.25, -0.2) is 0 Å². The van der Waals surface area contributed by atoms with E-state index >= 15 is 0 Å². The van der Waals surface area contributed by atoms with Crippen molar-refractivity contribution in [3.8, 4) is 0 Å².